The molecule has 0 spiro atoms. The van der Waals surface area contributed by atoms with Gasteiger partial charge in [0.2, 0.25) is 0 Å². The number of rotatable bonds is 5. The van der Waals surface area contributed by atoms with Crippen molar-refractivity contribution in [2.24, 2.45) is 5.41 Å². The lowest BCUT2D eigenvalue weighted by Crippen LogP contribution is -2.14. The molecule has 0 aliphatic rings. The fourth-order valence-electron chi connectivity index (χ4n) is 2.07. The zero-order valence-electron chi connectivity index (χ0n) is 10.3. The van der Waals surface area contributed by atoms with Crippen LogP contribution in [0.1, 0.15) is 67.2 Å². The third kappa shape index (κ3) is 3.54. The van der Waals surface area contributed by atoms with E-state index in [2.05, 4.69) is 41.5 Å². The molecule has 78 valence electrons. The topological polar surface area (TPSA) is 0 Å². The van der Waals surface area contributed by atoms with Gasteiger partial charge in [0.15, 0.2) is 0 Å². The summed E-state index contributed by atoms with van der Waals surface area (Å²) in [6.45, 7) is 13.9. The van der Waals surface area contributed by atoms with Crippen LogP contribution in [0.4, 0.5) is 0 Å². The van der Waals surface area contributed by atoms with Crippen LogP contribution in [0, 0.1) is 5.41 Å². The Labute approximate surface area is 84.4 Å². The van der Waals surface area contributed by atoms with Gasteiger partial charge in [0.05, 0.1) is 0 Å². The minimum atomic E-state index is 0.413. The van der Waals surface area contributed by atoms with Crippen molar-refractivity contribution in [3.63, 3.8) is 0 Å². The van der Waals surface area contributed by atoms with Crippen molar-refractivity contribution in [1.82, 2.24) is 0 Å². The smallest absolute Gasteiger partial charge is 0.0145 e. The Morgan fingerprint density at radius 1 is 1.00 bits per heavy atom. The molecule has 0 heteroatoms. The molecular weight excluding hydrogens is 156 g/mol. The number of hydrogen-bond donors (Lipinski definition) is 0. The zero-order valence-corrected chi connectivity index (χ0v) is 10.3. The first-order valence-electron chi connectivity index (χ1n) is 5.68. The lowest BCUT2D eigenvalue weighted by molar-refractivity contribution is 0.397. The molecule has 0 rings (SSSR count). The summed E-state index contributed by atoms with van der Waals surface area (Å²) in [5.41, 5.74) is 3.69. The molecule has 0 aromatic carbocycles. The Hall–Kier alpha value is -0.260. The molecule has 0 bridgehead atoms. The van der Waals surface area contributed by atoms with Gasteiger partial charge in [0, 0.05) is 0 Å². The highest BCUT2D eigenvalue weighted by Crippen LogP contribution is 2.34. The molecule has 0 aromatic heterocycles. The first-order valence-corrected chi connectivity index (χ1v) is 5.68. The fourth-order valence-corrected chi connectivity index (χ4v) is 2.07. The Morgan fingerprint density at radius 2 is 1.46 bits per heavy atom. The quantitative estimate of drug-likeness (QED) is 0.528. The van der Waals surface area contributed by atoms with E-state index in [0.29, 0.717) is 5.41 Å². The number of hydrogen-bond acceptors (Lipinski definition) is 0. The van der Waals surface area contributed by atoms with E-state index in [4.69, 9.17) is 0 Å². The van der Waals surface area contributed by atoms with Crippen molar-refractivity contribution >= 4 is 0 Å². The highest BCUT2D eigenvalue weighted by molar-refractivity contribution is 5.18. The third-order valence-corrected chi connectivity index (χ3v) is 3.27. The van der Waals surface area contributed by atoms with Crippen LogP contribution in [-0.4, -0.2) is 0 Å². The van der Waals surface area contributed by atoms with E-state index in [0.717, 1.165) is 0 Å². The summed E-state index contributed by atoms with van der Waals surface area (Å²) < 4.78 is 0. The second kappa shape index (κ2) is 5.47. The van der Waals surface area contributed by atoms with Gasteiger partial charge in [0.25, 0.3) is 0 Å². The summed E-state index contributed by atoms with van der Waals surface area (Å²) in [5, 5.41) is 0. The van der Waals surface area contributed by atoms with Gasteiger partial charge < -0.3 is 0 Å². The van der Waals surface area contributed by atoms with Gasteiger partial charge in [-0.05, 0) is 31.6 Å². The van der Waals surface area contributed by atoms with Crippen LogP contribution < -0.4 is 0 Å². The van der Waals surface area contributed by atoms with E-state index in [1.807, 2.05) is 0 Å². The normalized spacial score (nSPS) is 11.5. The summed E-state index contributed by atoms with van der Waals surface area (Å²) in [4.78, 5) is 0. The SMILES string of the molecule is CCCC(C)(C)C(C)=C(CC)CC. The van der Waals surface area contributed by atoms with Crippen molar-refractivity contribution in [2.45, 2.75) is 67.2 Å². The van der Waals surface area contributed by atoms with Crippen molar-refractivity contribution in [3.8, 4) is 0 Å². The summed E-state index contributed by atoms with van der Waals surface area (Å²) in [5.74, 6) is 0. The molecule has 0 aliphatic heterocycles. The van der Waals surface area contributed by atoms with Gasteiger partial charge in [-0.15, -0.1) is 0 Å². The molecule has 0 unspecified atom stereocenters. The third-order valence-electron chi connectivity index (χ3n) is 3.27. The highest BCUT2D eigenvalue weighted by atomic mass is 14.3. The van der Waals surface area contributed by atoms with E-state index < -0.39 is 0 Å². The number of allylic oxidation sites excluding steroid dienone is 2. The van der Waals surface area contributed by atoms with E-state index in [-0.39, 0.29) is 0 Å². The molecule has 0 amide bonds. The Bertz CT molecular complexity index is 166. The first-order chi connectivity index (χ1) is 5.99. The average Bonchev–Trinajstić information content (AvgIpc) is 2.06. The van der Waals surface area contributed by atoms with Crippen molar-refractivity contribution in [1.29, 1.82) is 0 Å². The maximum atomic E-state index is 2.37. The minimum absolute atomic E-state index is 0.413. The van der Waals surface area contributed by atoms with Crippen molar-refractivity contribution in [2.75, 3.05) is 0 Å². The second-order valence-corrected chi connectivity index (χ2v) is 4.57. The lowest BCUT2D eigenvalue weighted by Gasteiger charge is -2.28. The van der Waals surface area contributed by atoms with E-state index >= 15 is 0 Å². The van der Waals surface area contributed by atoms with E-state index in [1.54, 1.807) is 11.1 Å². The van der Waals surface area contributed by atoms with E-state index in [9.17, 15) is 0 Å². The van der Waals surface area contributed by atoms with Crippen LogP contribution >= 0.6 is 0 Å². The molecule has 0 aliphatic carbocycles. The molecule has 0 N–H and O–H groups in total. The molecule has 0 nitrogen and oxygen atoms in total. The summed E-state index contributed by atoms with van der Waals surface area (Å²) >= 11 is 0. The summed E-state index contributed by atoms with van der Waals surface area (Å²) in [6, 6.07) is 0. The largest absolute Gasteiger partial charge is 0.0713 e. The van der Waals surface area contributed by atoms with Crippen LogP contribution in [0.2, 0.25) is 0 Å². The van der Waals surface area contributed by atoms with Gasteiger partial charge >= 0.3 is 0 Å². The molecule has 0 fully saturated rings. The molecule has 0 aromatic rings. The van der Waals surface area contributed by atoms with Crippen LogP contribution in [0.5, 0.6) is 0 Å². The monoisotopic (exact) mass is 182 g/mol. The van der Waals surface area contributed by atoms with Gasteiger partial charge in [-0.25, -0.2) is 0 Å². The van der Waals surface area contributed by atoms with Gasteiger partial charge in [-0.2, -0.15) is 0 Å². The molecule has 0 heterocycles. The molecule has 13 heavy (non-hydrogen) atoms. The predicted molar refractivity (Wildman–Crippen MR) is 62.0 cm³/mol. The van der Waals surface area contributed by atoms with Crippen molar-refractivity contribution in [3.05, 3.63) is 11.1 Å². The maximum Gasteiger partial charge on any atom is -0.0145 e. The molecular formula is C13H26. The standard InChI is InChI=1S/C13H26/c1-7-10-13(5,6)11(4)12(8-2)9-3/h7-10H2,1-6H3. The van der Waals surface area contributed by atoms with Crippen molar-refractivity contribution < 1.29 is 0 Å². The summed E-state index contributed by atoms with van der Waals surface area (Å²) in [7, 11) is 0. The first kappa shape index (κ1) is 12.7. The molecule has 0 radical (unpaired) electrons. The van der Waals surface area contributed by atoms with Crippen LogP contribution in [-0.2, 0) is 0 Å². The maximum absolute atomic E-state index is 2.37. The summed E-state index contributed by atoms with van der Waals surface area (Å²) in [6.07, 6.45) is 5.03. The van der Waals surface area contributed by atoms with E-state index in [1.165, 1.54) is 25.7 Å². The minimum Gasteiger partial charge on any atom is -0.0713 e. The molecule has 0 saturated carbocycles. The van der Waals surface area contributed by atoms with Gasteiger partial charge in [0.1, 0.15) is 0 Å². The molecule has 0 atom stereocenters. The average molecular weight is 182 g/mol. The lowest BCUT2D eigenvalue weighted by atomic mass is 9.78. The zero-order chi connectivity index (χ0) is 10.5. The molecule has 0 saturated heterocycles. The van der Waals surface area contributed by atoms with Gasteiger partial charge in [-0.3, -0.25) is 0 Å². The van der Waals surface area contributed by atoms with Crippen LogP contribution in [0.15, 0.2) is 11.1 Å². The Morgan fingerprint density at radius 3 is 1.77 bits per heavy atom. The van der Waals surface area contributed by atoms with Crippen LogP contribution in [0.3, 0.4) is 0 Å². The van der Waals surface area contributed by atoms with Gasteiger partial charge in [-0.1, -0.05) is 52.2 Å². The predicted octanol–water partition coefficient (Wildman–Crippen LogP) is 4.95. The Balaban J connectivity index is 4.70. The Kier molecular flexibility index (Phi) is 5.36. The highest BCUT2D eigenvalue weighted by Gasteiger charge is 2.20. The van der Waals surface area contributed by atoms with Crippen LogP contribution in [0.25, 0.3) is 0 Å². The second-order valence-electron chi connectivity index (χ2n) is 4.57. The fraction of sp³-hybridized carbons (Fsp3) is 0.846.